The number of nitrogens with one attached hydrogen (secondary N) is 1. The van der Waals surface area contributed by atoms with Crippen LogP contribution in [0.2, 0.25) is 0 Å². The van der Waals surface area contributed by atoms with Crippen LogP contribution in [0, 0.1) is 19.8 Å². The zero-order chi connectivity index (χ0) is 17.1. The van der Waals surface area contributed by atoms with E-state index in [-0.39, 0.29) is 0 Å². The molecule has 1 aromatic rings. The summed E-state index contributed by atoms with van der Waals surface area (Å²) in [6.07, 6.45) is 20.3. The van der Waals surface area contributed by atoms with Crippen LogP contribution in [-0.4, -0.2) is 13.1 Å². The van der Waals surface area contributed by atoms with Crippen LogP contribution in [0.15, 0.2) is 48.4 Å². The molecule has 1 saturated heterocycles. The summed E-state index contributed by atoms with van der Waals surface area (Å²) in [5.74, 6) is 0. The van der Waals surface area contributed by atoms with Gasteiger partial charge in [0.25, 0.3) is 0 Å². The van der Waals surface area contributed by atoms with E-state index in [1.165, 1.54) is 36.4 Å². The Bertz CT molecular complexity index is 416. The third kappa shape index (κ3) is 14.8. The first-order valence-electron chi connectivity index (χ1n) is 7.43. The standard InChI is InChI=1S/C7H10.C6H9NS.C4H9N.C2H2/c1-3-5-7-6-4-2;1-5-2-3-8-6(5)4-7;1-2-4-5-3-1;1-2/h3-7H,1H2,2H3;2-3H,4,7H2,1H3;5H,1-4H2;1-2H/b6-4-,7-5-;;;. The quantitative estimate of drug-likeness (QED) is 0.639. The van der Waals surface area contributed by atoms with Crippen LogP contribution in [0.3, 0.4) is 0 Å². The lowest BCUT2D eigenvalue weighted by Gasteiger charge is -1.88. The summed E-state index contributed by atoms with van der Waals surface area (Å²) in [4.78, 5) is 1.30. The first-order valence-corrected chi connectivity index (χ1v) is 8.31. The predicted octanol–water partition coefficient (Wildman–Crippen LogP) is 4.44. The average Bonchev–Trinajstić information content (AvgIpc) is 3.25. The molecule has 0 atom stereocenters. The fourth-order valence-corrected chi connectivity index (χ4v) is 2.28. The lowest BCUT2D eigenvalue weighted by Crippen LogP contribution is -2.03. The molecule has 1 aromatic heterocycles. The number of rotatable bonds is 3. The molecule has 0 saturated carbocycles. The van der Waals surface area contributed by atoms with E-state index in [1.54, 1.807) is 17.4 Å². The summed E-state index contributed by atoms with van der Waals surface area (Å²) < 4.78 is 0. The van der Waals surface area contributed by atoms with Crippen LogP contribution >= 0.6 is 11.3 Å². The molecule has 2 nitrogen and oxygen atoms in total. The second-order valence-electron chi connectivity index (χ2n) is 4.33. The van der Waals surface area contributed by atoms with Crippen LogP contribution in [0.4, 0.5) is 0 Å². The minimum Gasteiger partial charge on any atom is -0.326 e. The summed E-state index contributed by atoms with van der Waals surface area (Å²) in [5.41, 5.74) is 6.72. The van der Waals surface area contributed by atoms with Gasteiger partial charge in [0, 0.05) is 11.4 Å². The molecule has 0 radical (unpaired) electrons. The summed E-state index contributed by atoms with van der Waals surface area (Å²) in [6.45, 7) is 10.8. The van der Waals surface area contributed by atoms with Crippen molar-refractivity contribution in [3.05, 3.63) is 58.8 Å². The van der Waals surface area contributed by atoms with Gasteiger partial charge in [-0.1, -0.05) is 37.0 Å². The van der Waals surface area contributed by atoms with E-state index in [0.717, 1.165) is 0 Å². The molecule has 1 fully saturated rings. The fraction of sp³-hybridized carbons (Fsp3) is 0.368. The minimum absolute atomic E-state index is 0.684. The molecule has 3 heteroatoms. The number of terminal acetylenes is 1. The van der Waals surface area contributed by atoms with Crippen molar-refractivity contribution >= 4 is 11.3 Å². The van der Waals surface area contributed by atoms with Crippen molar-refractivity contribution < 1.29 is 0 Å². The van der Waals surface area contributed by atoms with Crippen LogP contribution in [-0.2, 0) is 6.54 Å². The van der Waals surface area contributed by atoms with Gasteiger partial charge in [-0.2, -0.15) is 0 Å². The molecule has 22 heavy (non-hydrogen) atoms. The molecule has 2 rings (SSSR count). The smallest absolute Gasteiger partial charge is 0.0276 e. The average molecular weight is 319 g/mol. The predicted molar refractivity (Wildman–Crippen MR) is 103 cm³/mol. The Morgan fingerprint density at radius 2 is 1.91 bits per heavy atom. The van der Waals surface area contributed by atoms with Gasteiger partial charge < -0.3 is 11.1 Å². The Morgan fingerprint density at radius 1 is 1.27 bits per heavy atom. The number of hydrogen-bond acceptors (Lipinski definition) is 3. The van der Waals surface area contributed by atoms with Gasteiger partial charge >= 0.3 is 0 Å². The summed E-state index contributed by atoms with van der Waals surface area (Å²) in [7, 11) is 0. The molecule has 1 aliphatic rings. The van der Waals surface area contributed by atoms with Gasteiger partial charge in [0.1, 0.15) is 0 Å². The van der Waals surface area contributed by atoms with E-state index in [0.29, 0.717) is 6.54 Å². The van der Waals surface area contributed by atoms with Crippen molar-refractivity contribution in [3.63, 3.8) is 0 Å². The van der Waals surface area contributed by atoms with Crippen LogP contribution in [0.25, 0.3) is 0 Å². The van der Waals surface area contributed by atoms with Crippen molar-refractivity contribution in [1.82, 2.24) is 5.32 Å². The van der Waals surface area contributed by atoms with E-state index in [4.69, 9.17) is 5.73 Å². The van der Waals surface area contributed by atoms with Gasteiger partial charge in [-0.15, -0.1) is 24.2 Å². The molecular formula is C19H30N2S. The van der Waals surface area contributed by atoms with E-state index in [1.807, 2.05) is 31.2 Å². The summed E-state index contributed by atoms with van der Waals surface area (Å²) in [6, 6.07) is 2.09. The Morgan fingerprint density at radius 3 is 2.18 bits per heavy atom. The second kappa shape index (κ2) is 19.4. The van der Waals surface area contributed by atoms with Crippen molar-refractivity contribution in [2.24, 2.45) is 5.73 Å². The third-order valence-corrected chi connectivity index (χ3v) is 3.71. The number of aryl methyl sites for hydroxylation is 1. The number of thiophene rings is 1. The fourth-order valence-electron chi connectivity index (χ4n) is 1.49. The number of nitrogens with two attached hydrogens (primary N) is 1. The van der Waals surface area contributed by atoms with Gasteiger partial charge in [-0.25, -0.2) is 0 Å². The van der Waals surface area contributed by atoms with Gasteiger partial charge in [-0.05, 0) is 56.8 Å². The maximum absolute atomic E-state index is 5.41. The van der Waals surface area contributed by atoms with Gasteiger partial charge in [0.05, 0.1) is 0 Å². The zero-order valence-electron chi connectivity index (χ0n) is 13.9. The van der Waals surface area contributed by atoms with Crippen LogP contribution in [0.5, 0.6) is 0 Å². The third-order valence-electron chi connectivity index (χ3n) is 2.66. The number of allylic oxidation sites excluding steroid dienone is 5. The minimum atomic E-state index is 0.684. The Kier molecular flexibility index (Phi) is 20.0. The summed E-state index contributed by atoms with van der Waals surface area (Å²) >= 11 is 1.72. The zero-order valence-corrected chi connectivity index (χ0v) is 14.7. The van der Waals surface area contributed by atoms with Crippen molar-refractivity contribution in [2.45, 2.75) is 33.2 Å². The maximum atomic E-state index is 5.41. The van der Waals surface area contributed by atoms with Gasteiger partial charge in [-0.3, -0.25) is 0 Å². The second-order valence-corrected chi connectivity index (χ2v) is 5.34. The first kappa shape index (κ1) is 22.7. The largest absolute Gasteiger partial charge is 0.326 e. The topological polar surface area (TPSA) is 38.0 Å². The molecule has 0 bridgehead atoms. The molecular weight excluding hydrogens is 288 g/mol. The van der Waals surface area contributed by atoms with Crippen LogP contribution in [0.1, 0.15) is 30.2 Å². The Hall–Kier alpha value is -1.60. The van der Waals surface area contributed by atoms with E-state index < -0.39 is 0 Å². The summed E-state index contributed by atoms with van der Waals surface area (Å²) in [5, 5.41) is 5.29. The van der Waals surface area contributed by atoms with Gasteiger partial charge in [0.15, 0.2) is 0 Å². The highest BCUT2D eigenvalue weighted by Crippen LogP contribution is 2.13. The normalized spacial score (nSPS) is 12.6. The Labute approximate surface area is 140 Å². The van der Waals surface area contributed by atoms with Gasteiger partial charge in [0.2, 0.25) is 0 Å². The maximum Gasteiger partial charge on any atom is 0.0276 e. The monoisotopic (exact) mass is 318 g/mol. The van der Waals surface area contributed by atoms with E-state index in [2.05, 4.69) is 43.1 Å². The highest BCUT2D eigenvalue weighted by molar-refractivity contribution is 7.10. The molecule has 1 aliphatic heterocycles. The molecule has 3 N–H and O–H groups in total. The van der Waals surface area contributed by atoms with Crippen molar-refractivity contribution in [2.75, 3.05) is 13.1 Å². The molecule has 2 heterocycles. The lowest BCUT2D eigenvalue weighted by atomic mass is 10.3. The molecule has 0 aliphatic carbocycles. The molecule has 0 amide bonds. The number of hydrogen-bond donors (Lipinski definition) is 2. The Balaban J connectivity index is 0. The van der Waals surface area contributed by atoms with E-state index in [9.17, 15) is 0 Å². The highest BCUT2D eigenvalue weighted by Gasteiger charge is 1.93. The molecule has 0 aromatic carbocycles. The SMILES string of the molecule is C#C.C1CCNC1.C=C/C=C\C=C/C.Cc1ccsc1CN. The lowest BCUT2D eigenvalue weighted by molar-refractivity contribution is 0.857. The van der Waals surface area contributed by atoms with Crippen molar-refractivity contribution in [1.29, 1.82) is 0 Å². The first-order chi connectivity index (χ1) is 10.8. The molecule has 122 valence electrons. The van der Waals surface area contributed by atoms with Crippen LogP contribution < -0.4 is 11.1 Å². The molecule has 0 unspecified atom stereocenters. The molecule has 0 spiro atoms. The van der Waals surface area contributed by atoms with Crippen molar-refractivity contribution in [3.8, 4) is 12.8 Å². The highest BCUT2D eigenvalue weighted by atomic mass is 32.1. The van der Waals surface area contributed by atoms with E-state index >= 15 is 0 Å².